The maximum atomic E-state index is 13.8. The van der Waals surface area contributed by atoms with Crippen LogP contribution in [0.2, 0.25) is 5.02 Å². The first-order valence-corrected chi connectivity index (χ1v) is 8.01. The maximum Gasteiger partial charge on any atom is 0.270 e. The second-order valence-electron chi connectivity index (χ2n) is 3.87. The minimum Gasteiger partial charge on any atom is -0.447 e. The van der Waals surface area contributed by atoms with Crippen molar-refractivity contribution in [1.29, 1.82) is 0 Å². The van der Waals surface area contributed by atoms with Crippen LogP contribution in [0.3, 0.4) is 0 Å². The molecule has 1 saturated heterocycles. The summed E-state index contributed by atoms with van der Waals surface area (Å²) in [5.74, 6) is 0.319. The number of hydrogen-bond acceptors (Lipinski definition) is 2. The minimum atomic E-state index is -0.878. The minimum absolute atomic E-state index is 0.260. The van der Waals surface area contributed by atoms with Gasteiger partial charge < -0.3 is 9.47 Å². The molecule has 2 nitrogen and oxygen atoms in total. The van der Waals surface area contributed by atoms with Gasteiger partial charge in [-0.3, -0.25) is 0 Å². The molecule has 23 heavy (non-hydrogen) atoms. The number of benzene rings is 1. The van der Waals surface area contributed by atoms with Crippen LogP contribution in [0.15, 0.2) is 53.9 Å². The maximum absolute atomic E-state index is 13.8. The Morgan fingerprint density at radius 3 is 2.35 bits per heavy atom. The third-order valence-electron chi connectivity index (χ3n) is 2.64. The average Bonchev–Trinajstić information content (AvgIpc) is 3.02. The van der Waals surface area contributed by atoms with E-state index in [4.69, 9.17) is 28.9 Å². The molecule has 1 aromatic carbocycles. The standard InChI is InChI=1S/C14H11BClFO2.2C2H6/c1-3-10(15)13-12(4-2)18-14(19-13)9-6-5-8(16)7-11(9)17;2*1-2/h3-7,14H,1H2,2H3;2*1-2H3/b12-4+,13-10-;;. The summed E-state index contributed by atoms with van der Waals surface area (Å²) >= 11 is 5.71. The van der Waals surface area contributed by atoms with Crippen molar-refractivity contribution in [2.45, 2.75) is 40.9 Å². The van der Waals surface area contributed by atoms with E-state index in [1.54, 1.807) is 19.1 Å². The van der Waals surface area contributed by atoms with Gasteiger partial charge in [-0.15, -0.1) is 0 Å². The van der Waals surface area contributed by atoms with Gasteiger partial charge in [0.2, 0.25) is 0 Å². The lowest BCUT2D eigenvalue weighted by atomic mass is 9.94. The molecule has 1 aliphatic rings. The summed E-state index contributed by atoms with van der Waals surface area (Å²) in [5.41, 5.74) is 0.598. The van der Waals surface area contributed by atoms with Crippen molar-refractivity contribution in [3.8, 4) is 0 Å². The first-order valence-electron chi connectivity index (χ1n) is 7.64. The van der Waals surface area contributed by atoms with Gasteiger partial charge in [-0.1, -0.05) is 57.4 Å². The third kappa shape index (κ3) is 5.47. The van der Waals surface area contributed by atoms with E-state index in [0.29, 0.717) is 22.0 Å². The molecule has 0 N–H and O–H groups in total. The molecule has 0 aliphatic carbocycles. The summed E-state index contributed by atoms with van der Waals surface area (Å²) in [4.78, 5) is 0. The second kappa shape index (κ2) is 11.0. The Balaban J connectivity index is 0.00000112. The van der Waals surface area contributed by atoms with Crippen LogP contribution in [0.25, 0.3) is 0 Å². The zero-order valence-corrected chi connectivity index (χ0v) is 15.1. The first kappa shape index (κ1) is 21.3. The van der Waals surface area contributed by atoms with E-state index in [1.165, 1.54) is 18.2 Å². The van der Waals surface area contributed by atoms with Crippen molar-refractivity contribution < 1.29 is 13.9 Å². The molecular weight excluding hydrogens is 313 g/mol. The van der Waals surface area contributed by atoms with Crippen LogP contribution in [0.4, 0.5) is 4.39 Å². The molecule has 1 atom stereocenters. The molecular formula is C18H23BClFO2. The number of halogens is 2. The Morgan fingerprint density at radius 2 is 1.87 bits per heavy atom. The highest BCUT2D eigenvalue weighted by Crippen LogP contribution is 2.38. The van der Waals surface area contributed by atoms with Crippen LogP contribution in [-0.4, -0.2) is 7.85 Å². The van der Waals surface area contributed by atoms with Crippen LogP contribution in [-0.2, 0) is 9.47 Å². The van der Waals surface area contributed by atoms with Gasteiger partial charge in [0.25, 0.3) is 6.29 Å². The number of ether oxygens (including phenoxy) is 2. The van der Waals surface area contributed by atoms with Crippen molar-refractivity contribution in [1.82, 2.24) is 0 Å². The Morgan fingerprint density at radius 1 is 1.26 bits per heavy atom. The number of allylic oxidation sites excluding steroid dienone is 3. The van der Waals surface area contributed by atoms with E-state index in [0.717, 1.165) is 0 Å². The molecule has 0 aromatic heterocycles. The van der Waals surface area contributed by atoms with Crippen molar-refractivity contribution in [3.05, 3.63) is 70.3 Å². The van der Waals surface area contributed by atoms with Crippen molar-refractivity contribution in [3.63, 3.8) is 0 Å². The zero-order valence-electron chi connectivity index (χ0n) is 14.3. The molecule has 5 heteroatoms. The Kier molecular flexibility index (Phi) is 10.2. The molecule has 0 saturated carbocycles. The average molecular weight is 337 g/mol. The van der Waals surface area contributed by atoms with Gasteiger partial charge in [-0.2, -0.15) is 0 Å². The summed E-state index contributed by atoms with van der Waals surface area (Å²) in [7, 11) is 5.75. The van der Waals surface area contributed by atoms with E-state index in [2.05, 4.69) is 6.58 Å². The zero-order chi connectivity index (χ0) is 18.0. The second-order valence-corrected chi connectivity index (χ2v) is 4.31. The molecule has 1 heterocycles. The smallest absolute Gasteiger partial charge is 0.270 e. The van der Waals surface area contributed by atoms with Crippen LogP contribution in [0, 0.1) is 5.82 Å². The molecule has 1 unspecified atom stereocenters. The van der Waals surface area contributed by atoms with Crippen molar-refractivity contribution >= 4 is 19.4 Å². The predicted octanol–water partition coefficient (Wildman–Crippen LogP) is 6.05. The Hall–Kier alpha value is -1.68. The van der Waals surface area contributed by atoms with E-state index in [9.17, 15) is 4.39 Å². The molecule has 2 radical (unpaired) electrons. The van der Waals surface area contributed by atoms with Gasteiger partial charge in [-0.05, 0) is 31.2 Å². The highest BCUT2D eigenvalue weighted by atomic mass is 35.5. The summed E-state index contributed by atoms with van der Waals surface area (Å²) in [5, 5.41) is 0.312. The van der Waals surface area contributed by atoms with Crippen LogP contribution in [0.5, 0.6) is 0 Å². The normalized spacial score (nSPS) is 19.4. The molecule has 0 amide bonds. The monoisotopic (exact) mass is 336 g/mol. The molecule has 0 bridgehead atoms. The Labute approximate surface area is 145 Å². The van der Waals surface area contributed by atoms with Gasteiger partial charge in [-0.25, -0.2) is 4.39 Å². The van der Waals surface area contributed by atoms with Gasteiger partial charge >= 0.3 is 0 Å². The lowest BCUT2D eigenvalue weighted by Gasteiger charge is -2.10. The van der Waals surface area contributed by atoms with E-state index in [1.807, 2.05) is 27.7 Å². The largest absolute Gasteiger partial charge is 0.447 e. The molecule has 2 rings (SSSR count). The fourth-order valence-electron chi connectivity index (χ4n) is 1.68. The lowest BCUT2D eigenvalue weighted by Crippen LogP contribution is -2.01. The quantitative estimate of drug-likeness (QED) is 0.612. The summed E-state index contributed by atoms with van der Waals surface area (Å²) < 4.78 is 24.9. The molecule has 1 fully saturated rings. The highest BCUT2D eigenvalue weighted by Gasteiger charge is 2.30. The fraction of sp³-hybridized carbons (Fsp3) is 0.333. The van der Waals surface area contributed by atoms with Crippen LogP contribution < -0.4 is 0 Å². The van der Waals surface area contributed by atoms with Gasteiger partial charge in [0.05, 0.1) is 5.56 Å². The number of rotatable bonds is 2. The van der Waals surface area contributed by atoms with E-state index < -0.39 is 12.1 Å². The molecule has 0 spiro atoms. The molecule has 1 aliphatic heterocycles. The summed E-state index contributed by atoms with van der Waals surface area (Å²) in [6, 6.07) is 4.29. The number of hydrogen-bond donors (Lipinski definition) is 0. The summed E-state index contributed by atoms with van der Waals surface area (Å²) in [6.45, 7) is 13.3. The van der Waals surface area contributed by atoms with Crippen molar-refractivity contribution in [2.24, 2.45) is 0 Å². The first-order chi connectivity index (χ1) is 11.1. The highest BCUT2D eigenvalue weighted by molar-refractivity contribution is 6.30. The van der Waals surface area contributed by atoms with Gasteiger partial charge in [0.15, 0.2) is 11.5 Å². The SMILES string of the molecule is CC.CC.[B]/C(C=C)=C1\OC(c2ccc(Cl)cc2F)O\C1=C\C. The van der Waals surface area contributed by atoms with Crippen molar-refractivity contribution in [2.75, 3.05) is 0 Å². The third-order valence-corrected chi connectivity index (χ3v) is 2.88. The molecule has 124 valence electrons. The lowest BCUT2D eigenvalue weighted by molar-refractivity contribution is -0.0223. The topological polar surface area (TPSA) is 18.5 Å². The summed E-state index contributed by atoms with van der Waals surface area (Å²) in [6.07, 6.45) is 2.26. The van der Waals surface area contributed by atoms with Crippen LogP contribution in [0.1, 0.15) is 46.5 Å². The van der Waals surface area contributed by atoms with E-state index >= 15 is 0 Å². The fourth-order valence-corrected chi connectivity index (χ4v) is 1.84. The Bertz CT molecular complexity index is 582. The van der Waals surface area contributed by atoms with Gasteiger partial charge in [0.1, 0.15) is 13.7 Å². The van der Waals surface area contributed by atoms with Gasteiger partial charge in [0, 0.05) is 5.02 Å². The van der Waals surface area contributed by atoms with Crippen LogP contribution >= 0.6 is 11.6 Å². The van der Waals surface area contributed by atoms with E-state index in [-0.39, 0.29) is 5.56 Å². The molecule has 1 aromatic rings. The predicted molar refractivity (Wildman–Crippen MR) is 95.8 cm³/mol.